The highest BCUT2D eigenvalue weighted by molar-refractivity contribution is 5.96. The Kier molecular flexibility index (Phi) is 6.11. The molecule has 0 aromatic heterocycles. The van der Waals surface area contributed by atoms with E-state index >= 15 is 0 Å². The molecule has 0 bridgehead atoms. The molecule has 2 amide bonds. The lowest BCUT2D eigenvalue weighted by Crippen LogP contribution is -2.46. The molecular weight excluding hydrogens is 386 g/mol. The third-order valence-electron chi connectivity index (χ3n) is 6.17. The molecule has 0 atom stereocenters. The van der Waals surface area contributed by atoms with Gasteiger partial charge in [0, 0.05) is 43.6 Å². The van der Waals surface area contributed by atoms with Crippen LogP contribution in [0.25, 0.3) is 0 Å². The van der Waals surface area contributed by atoms with E-state index in [1.54, 1.807) is 4.90 Å². The number of benzene rings is 2. The molecule has 0 radical (unpaired) electrons. The predicted molar refractivity (Wildman–Crippen MR) is 111 cm³/mol. The van der Waals surface area contributed by atoms with Crippen LogP contribution in [0.15, 0.2) is 42.5 Å². The Labute approximate surface area is 175 Å². The summed E-state index contributed by atoms with van der Waals surface area (Å²) in [4.78, 5) is 29.0. The number of likely N-dealkylation sites (tertiary alicyclic amines) is 1. The van der Waals surface area contributed by atoms with Crippen molar-refractivity contribution in [1.82, 2.24) is 4.90 Å². The van der Waals surface area contributed by atoms with Crippen molar-refractivity contribution in [2.45, 2.75) is 38.5 Å². The number of amides is 2. The third kappa shape index (κ3) is 4.37. The molecule has 2 aromatic carbocycles. The van der Waals surface area contributed by atoms with Crippen molar-refractivity contribution in [3.63, 3.8) is 0 Å². The molecule has 2 aromatic rings. The van der Waals surface area contributed by atoms with Gasteiger partial charge >= 0.3 is 0 Å². The highest BCUT2D eigenvalue weighted by atomic mass is 19.1. The average molecular weight is 412 g/mol. The number of carbonyl (C=O) groups excluding carboxylic acids is 2. The molecular formula is C24H26F2N2O2. The van der Waals surface area contributed by atoms with Gasteiger partial charge in [0.05, 0.1) is 5.69 Å². The molecule has 6 heteroatoms. The number of hydrogen-bond acceptors (Lipinski definition) is 2. The molecule has 1 fully saturated rings. The molecule has 2 aliphatic heterocycles. The molecule has 2 heterocycles. The molecule has 158 valence electrons. The minimum Gasteiger partial charge on any atom is -0.343 e. The standard InChI is InChI=1S/C24H26F2N2O2/c25-19-15-21(26)20-7-4-12-28(22(20)16-19)24(30)18-10-13-27(14-11-18)23(29)9-8-17-5-2-1-3-6-17/h1-3,5-6,15-16,18H,4,7-14H2. The summed E-state index contributed by atoms with van der Waals surface area (Å²) < 4.78 is 27.9. The molecule has 0 saturated carbocycles. The van der Waals surface area contributed by atoms with Gasteiger partial charge < -0.3 is 9.80 Å². The molecule has 2 aliphatic rings. The lowest BCUT2D eigenvalue weighted by Gasteiger charge is -2.36. The maximum atomic E-state index is 14.1. The summed E-state index contributed by atoms with van der Waals surface area (Å²) in [6.07, 6.45) is 3.51. The van der Waals surface area contributed by atoms with Crippen molar-refractivity contribution >= 4 is 17.5 Å². The van der Waals surface area contributed by atoms with E-state index in [4.69, 9.17) is 0 Å². The largest absolute Gasteiger partial charge is 0.343 e. The summed E-state index contributed by atoms with van der Waals surface area (Å²) >= 11 is 0. The van der Waals surface area contributed by atoms with E-state index in [0.717, 1.165) is 11.6 Å². The first kappa shape index (κ1) is 20.5. The van der Waals surface area contributed by atoms with Crippen molar-refractivity contribution in [2.75, 3.05) is 24.5 Å². The number of hydrogen-bond donors (Lipinski definition) is 0. The summed E-state index contributed by atoms with van der Waals surface area (Å²) in [6.45, 7) is 1.56. The average Bonchev–Trinajstić information content (AvgIpc) is 2.77. The van der Waals surface area contributed by atoms with Crippen LogP contribution in [0, 0.1) is 17.6 Å². The zero-order chi connectivity index (χ0) is 21.1. The number of rotatable bonds is 4. The smallest absolute Gasteiger partial charge is 0.230 e. The molecule has 1 saturated heterocycles. The number of piperidine rings is 1. The van der Waals surface area contributed by atoms with Crippen LogP contribution in [0.5, 0.6) is 0 Å². The Bertz CT molecular complexity index is 924. The van der Waals surface area contributed by atoms with E-state index in [9.17, 15) is 18.4 Å². The quantitative estimate of drug-likeness (QED) is 0.758. The summed E-state index contributed by atoms with van der Waals surface area (Å²) in [5, 5.41) is 0. The monoisotopic (exact) mass is 412 g/mol. The minimum absolute atomic E-state index is 0.0858. The minimum atomic E-state index is -0.662. The molecule has 0 unspecified atom stereocenters. The van der Waals surface area contributed by atoms with Gasteiger partial charge in [-0.1, -0.05) is 30.3 Å². The molecule has 0 N–H and O–H groups in total. The highest BCUT2D eigenvalue weighted by Gasteiger charge is 2.33. The number of anilines is 1. The second-order valence-corrected chi connectivity index (χ2v) is 8.12. The van der Waals surface area contributed by atoms with Crippen molar-refractivity contribution in [2.24, 2.45) is 5.92 Å². The fourth-order valence-electron chi connectivity index (χ4n) is 4.49. The van der Waals surface area contributed by atoms with E-state index in [0.29, 0.717) is 69.4 Å². The number of fused-ring (bicyclic) bond motifs is 1. The van der Waals surface area contributed by atoms with Gasteiger partial charge in [0.1, 0.15) is 11.6 Å². The molecule has 30 heavy (non-hydrogen) atoms. The van der Waals surface area contributed by atoms with Gasteiger partial charge in [-0.3, -0.25) is 9.59 Å². The van der Waals surface area contributed by atoms with E-state index < -0.39 is 11.6 Å². The lowest BCUT2D eigenvalue weighted by atomic mass is 9.92. The SMILES string of the molecule is O=C(CCc1ccccc1)N1CCC(C(=O)N2CCCc3c(F)cc(F)cc32)CC1. The van der Waals surface area contributed by atoms with E-state index in [1.165, 1.54) is 6.07 Å². The molecule has 0 spiro atoms. The van der Waals surface area contributed by atoms with Gasteiger partial charge in [-0.2, -0.15) is 0 Å². The fraction of sp³-hybridized carbons (Fsp3) is 0.417. The number of carbonyl (C=O) groups is 2. The van der Waals surface area contributed by atoms with Gasteiger partial charge in [-0.05, 0) is 43.7 Å². The Morgan fingerprint density at radius 2 is 1.73 bits per heavy atom. The van der Waals surface area contributed by atoms with Gasteiger partial charge in [0.2, 0.25) is 11.8 Å². The Balaban J connectivity index is 1.35. The second kappa shape index (κ2) is 8.94. The van der Waals surface area contributed by atoms with Crippen molar-refractivity contribution in [3.05, 3.63) is 65.2 Å². The van der Waals surface area contributed by atoms with Crippen molar-refractivity contribution < 1.29 is 18.4 Å². The van der Waals surface area contributed by atoms with Crippen LogP contribution >= 0.6 is 0 Å². The lowest BCUT2D eigenvalue weighted by molar-refractivity contribution is -0.134. The van der Waals surface area contributed by atoms with Crippen LogP contribution in [0.4, 0.5) is 14.5 Å². The summed E-state index contributed by atoms with van der Waals surface area (Å²) in [6, 6.07) is 12.1. The number of nitrogens with zero attached hydrogens (tertiary/aromatic N) is 2. The fourth-order valence-corrected chi connectivity index (χ4v) is 4.49. The van der Waals surface area contributed by atoms with Crippen LogP contribution in [-0.2, 0) is 22.4 Å². The van der Waals surface area contributed by atoms with Gasteiger partial charge in [-0.25, -0.2) is 8.78 Å². The predicted octanol–water partition coefficient (Wildman–Crippen LogP) is 4.12. The summed E-state index contributed by atoms with van der Waals surface area (Å²) in [5.74, 6) is -1.44. The molecule has 0 aliphatic carbocycles. The van der Waals surface area contributed by atoms with Gasteiger partial charge in [-0.15, -0.1) is 0 Å². The van der Waals surface area contributed by atoms with Crippen LogP contribution in [0.3, 0.4) is 0 Å². The van der Waals surface area contributed by atoms with E-state index in [1.807, 2.05) is 35.2 Å². The Hall–Kier alpha value is -2.76. The Morgan fingerprint density at radius 3 is 2.47 bits per heavy atom. The zero-order valence-electron chi connectivity index (χ0n) is 16.9. The number of aryl methyl sites for hydroxylation is 1. The Morgan fingerprint density at radius 1 is 1.00 bits per heavy atom. The zero-order valence-corrected chi connectivity index (χ0v) is 16.9. The van der Waals surface area contributed by atoms with Crippen LogP contribution in [0.2, 0.25) is 0 Å². The van der Waals surface area contributed by atoms with Crippen molar-refractivity contribution in [1.29, 1.82) is 0 Å². The van der Waals surface area contributed by atoms with Crippen LogP contribution in [-0.4, -0.2) is 36.3 Å². The van der Waals surface area contributed by atoms with Crippen LogP contribution < -0.4 is 4.90 Å². The third-order valence-corrected chi connectivity index (χ3v) is 6.17. The topological polar surface area (TPSA) is 40.6 Å². The van der Waals surface area contributed by atoms with E-state index in [-0.39, 0.29) is 17.7 Å². The molecule has 4 rings (SSSR count). The van der Waals surface area contributed by atoms with Crippen molar-refractivity contribution in [3.8, 4) is 0 Å². The van der Waals surface area contributed by atoms with Gasteiger partial charge in [0.15, 0.2) is 0 Å². The normalized spacial score (nSPS) is 17.0. The maximum absolute atomic E-state index is 14.1. The second-order valence-electron chi connectivity index (χ2n) is 8.12. The highest BCUT2D eigenvalue weighted by Crippen LogP contribution is 2.33. The number of halogens is 2. The van der Waals surface area contributed by atoms with Crippen LogP contribution in [0.1, 0.15) is 36.8 Å². The summed E-state index contributed by atoms with van der Waals surface area (Å²) in [5.41, 5.74) is 1.92. The maximum Gasteiger partial charge on any atom is 0.230 e. The first-order valence-electron chi connectivity index (χ1n) is 10.6. The van der Waals surface area contributed by atoms with Gasteiger partial charge in [0.25, 0.3) is 0 Å². The first-order valence-corrected chi connectivity index (χ1v) is 10.6. The summed E-state index contributed by atoms with van der Waals surface area (Å²) in [7, 11) is 0. The van der Waals surface area contributed by atoms with E-state index in [2.05, 4.69) is 0 Å². The first-order chi connectivity index (χ1) is 14.5. The molecule has 4 nitrogen and oxygen atoms in total.